The van der Waals surface area contributed by atoms with E-state index in [1.807, 2.05) is 73.7 Å². The number of nitrogens with zero attached hydrogens (tertiary/aromatic N) is 2. The number of carbonyl (C=O) groups is 1. The summed E-state index contributed by atoms with van der Waals surface area (Å²) in [7, 11) is 0. The van der Waals surface area contributed by atoms with Gasteiger partial charge in [-0.25, -0.2) is 4.98 Å². The van der Waals surface area contributed by atoms with Crippen LogP contribution in [-0.4, -0.2) is 15.3 Å². The summed E-state index contributed by atoms with van der Waals surface area (Å²) in [6.07, 6.45) is 0. The fourth-order valence-electron chi connectivity index (χ4n) is 2.43. The number of carbonyl (C=O) groups excluding carboxylic acids is 1. The highest BCUT2D eigenvalue weighted by molar-refractivity contribution is 5.95. The van der Waals surface area contributed by atoms with Crippen molar-refractivity contribution in [1.29, 1.82) is 0 Å². The number of rotatable bonds is 3. The number of pyridine rings is 1. The molecule has 0 saturated heterocycles. The molecule has 4 heteroatoms. The van der Waals surface area contributed by atoms with E-state index in [1.165, 1.54) is 0 Å². The molecule has 22 heavy (non-hydrogen) atoms. The first-order valence-electron chi connectivity index (χ1n) is 7.42. The first-order valence-corrected chi connectivity index (χ1v) is 7.42. The van der Waals surface area contributed by atoms with Crippen LogP contribution in [0.15, 0.2) is 48.5 Å². The molecule has 0 spiro atoms. The van der Waals surface area contributed by atoms with Crippen molar-refractivity contribution in [2.24, 2.45) is 5.92 Å². The average molecular weight is 293 g/mol. The number of fused-ring (bicyclic) bond motifs is 1. The van der Waals surface area contributed by atoms with Crippen LogP contribution in [-0.2, 0) is 4.79 Å². The summed E-state index contributed by atoms with van der Waals surface area (Å²) >= 11 is 0. The monoisotopic (exact) mass is 293 g/mol. The van der Waals surface area contributed by atoms with E-state index >= 15 is 0 Å². The second kappa shape index (κ2) is 5.64. The second-order valence-corrected chi connectivity index (χ2v) is 5.68. The number of hydrogen-bond donors (Lipinski definition) is 1. The highest BCUT2D eigenvalue weighted by atomic mass is 16.1. The van der Waals surface area contributed by atoms with E-state index in [4.69, 9.17) is 4.98 Å². The summed E-state index contributed by atoms with van der Waals surface area (Å²) in [6.45, 7) is 5.77. The van der Waals surface area contributed by atoms with Crippen molar-refractivity contribution < 1.29 is 4.79 Å². The van der Waals surface area contributed by atoms with Crippen molar-refractivity contribution >= 4 is 17.4 Å². The molecule has 0 atom stereocenters. The van der Waals surface area contributed by atoms with E-state index in [2.05, 4.69) is 5.32 Å². The van der Waals surface area contributed by atoms with Crippen molar-refractivity contribution in [3.05, 3.63) is 54.2 Å². The molecule has 112 valence electrons. The molecule has 2 aromatic heterocycles. The Morgan fingerprint density at radius 2 is 1.82 bits per heavy atom. The van der Waals surface area contributed by atoms with Gasteiger partial charge in [0.15, 0.2) is 0 Å². The lowest BCUT2D eigenvalue weighted by atomic mass is 10.1. The molecule has 1 N–H and O–H groups in total. The summed E-state index contributed by atoms with van der Waals surface area (Å²) < 4.78 is 1.99. The van der Waals surface area contributed by atoms with Gasteiger partial charge in [0.05, 0.1) is 0 Å². The molecule has 0 radical (unpaired) electrons. The van der Waals surface area contributed by atoms with Crippen LogP contribution >= 0.6 is 0 Å². The number of hydrogen-bond acceptors (Lipinski definition) is 2. The van der Waals surface area contributed by atoms with E-state index < -0.39 is 0 Å². The molecular formula is C18H19N3O. The predicted molar refractivity (Wildman–Crippen MR) is 88.8 cm³/mol. The number of aromatic nitrogens is 2. The molecule has 2 heterocycles. The first kappa shape index (κ1) is 14.3. The quantitative estimate of drug-likeness (QED) is 0.796. The molecule has 3 rings (SSSR count). The van der Waals surface area contributed by atoms with Gasteiger partial charge >= 0.3 is 0 Å². The maximum atomic E-state index is 12.2. The number of amides is 1. The smallest absolute Gasteiger partial charge is 0.228 e. The molecule has 0 fully saturated rings. The van der Waals surface area contributed by atoms with Crippen LogP contribution in [0, 0.1) is 12.8 Å². The maximum Gasteiger partial charge on any atom is 0.228 e. The summed E-state index contributed by atoms with van der Waals surface area (Å²) in [6, 6.07) is 15.8. The zero-order valence-electron chi connectivity index (χ0n) is 13.0. The maximum absolute atomic E-state index is 12.2. The van der Waals surface area contributed by atoms with Gasteiger partial charge in [-0.15, -0.1) is 0 Å². The van der Waals surface area contributed by atoms with Crippen molar-refractivity contribution in [3.8, 4) is 11.3 Å². The van der Waals surface area contributed by atoms with Crippen molar-refractivity contribution in [2.75, 3.05) is 5.32 Å². The topological polar surface area (TPSA) is 46.4 Å². The molecule has 4 nitrogen and oxygen atoms in total. The zero-order valence-corrected chi connectivity index (χ0v) is 13.0. The first-order chi connectivity index (χ1) is 10.6. The number of imidazole rings is 1. The summed E-state index contributed by atoms with van der Waals surface area (Å²) in [5, 5.41) is 3.03. The van der Waals surface area contributed by atoms with Gasteiger partial charge in [-0.2, -0.15) is 0 Å². The van der Waals surface area contributed by atoms with Crippen LogP contribution in [0.3, 0.4) is 0 Å². The van der Waals surface area contributed by atoms with Crippen molar-refractivity contribution in [2.45, 2.75) is 20.8 Å². The minimum atomic E-state index is -0.0850. The third kappa shape index (κ3) is 2.48. The number of anilines is 1. The Morgan fingerprint density at radius 3 is 2.50 bits per heavy atom. The largest absolute Gasteiger partial charge is 0.310 e. The Kier molecular flexibility index (Phi) is 3.67. The average Bonchev–Trinajstić information content (AvgIpc) is 2.88. The fourth-order valence-corrected chi connectivity index (χ4v) is 2.43. The minimum absolute atomic E-state index is 0.0118. The highest BCUT2D eigenvalue weighted by Crippen LogP contribution is 2.29. The van der Waals surface area contributed by atoms with Crippen LogP contribution in [0.25, 0.3) is 16.9 Å². The van der Waals surface area contributed by atoms with E-state index in [9.17, 15) is 4.79 Å². The van der Waals surface area contributed by atoms with Gasteiger partial charge in [-0.05, 0) is 19.1 Å². The molecular weight excluding hydrogens is 274 g/mol. The Labute approximate surface area is 129 Å². The van der Waals surface area contributed by atoms with Gasteiger partial charge in [0.2, 0.25) is 5.91 Å². The fraction of sp³-hybridized carbons (Fsp3) is 0.222. The minimum Gasteiger partial charge on any atom is -0.310 e. The highest BCUT2D eigenvalue weighted by Gasteiger charge is 2.18. The molecule has 0 aliphatic rings. The Balaban J connectivity index is 2.23. The lowest BCUT2D eigenvalue weighted by Crippen LogP contribution is -2.19. The van der Waals surface area contributed by atoms with Gasteiger partial charge in [-0.1, -0.05) is 50.2 Å². The summed E-state index contributed by atoms with van der Waals surface area (Å²) in [5.41, 5.74) is 3.65. The van der Waals surface area contributed by atoms with Gasteiger partial charge in [0.25, 0.3) is 0 Å². The molecule has 0 saturated carbocycles. The summed E-state index contributed by atoms with van der Waals surface area (Å²) in [4.78, 5) is 16.9. The number of aryl methyl sites for hydroxylation is 1. The van der Waals surface area contributed by atoms with Gasteiger partial charge < -0.3 is 5.32 Å². The van der Waals surface area contributed by atoms with E-state index in [-0.39, 0.29) is 11.8 Å². The van der Waals surface area contributed by atoms with Crippen LogP contribution in [0.1, 0.15) is 19.5 Å². The third-order valence-corrected chi connectivity index (χ3v) is 3.65. The van der Waals surface area contributed by atoms with Gasteiger partial charge in [0, 0.05) is 17.2 Å². The molecule has 0 unspecified atom stereocenters. The third-order valence-electron chi connectivity index (χ3n) is 3.65. The molecule has 3 aromatic rings. The van der Waals surface area contributed by atoms with E-state index in [1.54, 1.807) is 0 Å². The standard InChI is InChI=1S/C18H19N3O/c1-12(2)18(22)20-17-16(14-9-5-4-6-10-14)19-15-11-7-8-13(3)21(15)17/h4-12H,1-3H3,(H,20,22). The second-order valence-electron chi connectivity index (χ2n) is 5.68. The molecule has 0 aliphatic heterocycles. The predicted octanol–water partition coefficient (Wildman–Crippen LogP) is 3.90. The normalized spacial score (nSPS) is 11.1. The van der Waals surface area contributed by atoms with Crippen LogP contribution in [0.5, 0.6) is 0 Å². The lowest BCUT2D eigenvalue weighted by Gasteiger charge is -2.11. The van der Waals surface area contributed by atoms with Crippen LogP contribution in [0.4, 0.5) is 5.82 Å². The Hall–Kier alpha value is -2.62. The molecule has 0 bridgehead atoms. The number of nitrogens with one attached hydrogen (secondary N) is 1. The molecule has 1 amide bonds. The van der Waals surface area contributed by atoms with Gasteiger partial charge in [-0.3, -0.25) is 9.20 Å². The van der Waals surface area contributed by atoms with Crippen molar-refractivity contribution in [3.63, 3.8) is 0 Å². The SMILES string of the molecule is Cc1cccc2nc(-c3ccccc3)c(NC(=O)C(C)C)n12. The van der Waals surface area contributed by atoms with Crippen molar-refractivity contribution in [1.82, 2.24) is 9.38 Å². The number of benzene rings is 1. The lowest BCUT2D eigenvalue weighted by molar-refractivity contribution is -0.118. The van der Waals surface area contributed by atoms with Crippen LogP contribution in [0.2, 0.25) is 0 Å². The Bertz CT molecular complexity index is 819. The van der Waals surface area contributed by atoms with E-state index in [0.29, 0.717) is 0 Å². The molecule has 0 aliphatic carbocycles. The Morgan fingerprint density at radius 1 is 1.09 bits per heavy atom. The summed E-state index contributed by atoms with van der Waals surface area (Å²) in [5.74, 6) is 0.637. The zero-order chi connectivity index (χ0) is 15.7. The molecule has 1 aromatic carbocycles. The van der Waals surface area contributed by atoms with Gasteiger partial charge in [0.1, 0.15) is 17.2 Å². The van der Waals surface area contributed by atoms with E-state index in [0.717, 1.165) is 28.4 Å². The van der Waals surface area contributed by atoms with Crippen LogP contribution < -0.4 is 5.32 Å².